The van der Waals surface area contributed by atoms with Crippen molar-refractivity contribution in [2.24, 2.45) is 0 Å². The Morgan fingerprint density at radius 1 is 0.475 bits per heavy atom. The summed E-state index contributed by atoms with van der Waals surface area (Å²) in [6.07, 6.45) is -3.42. The van der Waals surface area contributed by atoms with Crippen molar-refractivity contribution in [3.63, 3.8) is 0 Å². The van der Waals surface area contributed by atoms with Crippen molar-refractivity contribution in [3.8, 4) is 0 Å². The Labute approximate surface area is 236 Å². The van der Waals surface area contributed by atoms with Crippen molar-refractivity contribution in [3.05, 3.63) is 144 Å². The lowest BCUT2D eigenvalue weighted by Gasteiger charge is -2.35. The molecule has 0 spiro atoms. The summed E-state index contributed by atoms with van der Waals surface area (Å²) in [6.45, 7) is 0.865. The van der Waals surface area contributed by atoms with Gasteiger partial charge in [0.15, 0.2) is 0 Å². The van der Waals surface area contributed by atoms with Crippen LogP contribution in [0.2, 0.25) is 0 Å². The normalized spacial score (nSPS) is 14.3. The fourth-order valence-corrected chi connectivity index (χ4v) is 4.37. The maximum absolute atomic E-state index is 11.4. The number of aliphatic hydroxyl groups is 2. The third-order valence-corrected chi connectivity index (χ3v) is 6.53. The summed E-state index contributed by atoms with van der Waals surface area (Å²) >= 11 is 0. The van der Waals surface area contributed by atoms with Crippen LogP contribution in [0.25, 0.3) is 0 Å². The first-order chi connectivity index (χ1) is 19.7. The zero-order valence-electron chi connectivity index (χ0n) is 22.6. The average Bonchev–Trinajstić information content (AvgIpc) is 3.01. The van der Waals surface area contributed by atoms with E-state index in [1.807, 2.05) is 121 Å². The van der Waals surface area contributed by atoms with Crippen LogP contribution >= 0.6 is 0 Å². The molecule has 6 heteroatoms. The van der Waals surface area contributed by atoms with Crippen LogP contribution in [0.15, 0.2) is 121 Å². The van der Waals surface area contributed by atoms with Gasteiger partial charge in [-0.15, -0.1) is 0 Å². The largest absolute Gasteiger partial charge is 0.394 e. The standard InChI is InChI=1S/C34H38O6/c35-21-32(38-23-28-15-7-2-8-16-28)34(40-25-30-19-11-4-12-20-30)33(39-24-29-17-9-3-10-18-29)31(36)26-37-22-27-13-5-1-6-14-27/h1-20,31-36H,21-26H2/t31?,32-,33+,34+/m0/s1. The molecule has 210 valence electrons. The van der Waals surface area contributed by atoms with E-state index in [4.69, 9.17) is 18.9 Å². The van der Waals surface area contributed by atoms with Crippen molar-refractivity contribution >= 4 is 0 Å². The van der Waals surface area contributed by atoms with Gasteiger partial charge in [0.1, 0.15) is 24.4 Å². The first kappa shape index (κ1) is 29.6. The maximum atomic E-state index is 11.4. The van der Waals surface area contributed by atoms with Crippen LogP contribution in [0, 0.1) is 0 Å². The van der Waals surface area contributed by atoms with Gasteiger partial charge in [-0.05, 0) is 22.3 Å². The quantitative estimate of drug-likeness (QED) is 0.188. The molecule has 0 radical (unpaired) electrons. The van der Waals surface area contributed by atoms with Gasteiger partial charge in [-0.1, -0.05) is 121 Å². The minimum absolute atomic E-state index is 0.0242. The highest BCUT2D eigenvalue weighted by atomic mass is 16.6. The Balaban J connectivity index is 1.53. The minimum Gasteiger partial charge on any atom is -0.394 e. The molecule has 6 nitrogen and oxygen atoms in total. The van der Waals surface area contributed by atoms with E-state index in [1.54, 1.807) is 0 Å². The van der Waals surface area contributed by atoms with Gasteiger partial charge in [0, 0.05) is 0 Å². The molecule has 0 aromatic heterocycles. The number of hydrogen-bond donors (Lipinski definition) is 2. The number of ether oxygens (including phenoxy) is 4. The van der Waals surface area contributed by atoms with Crippen molar-refractivity contribution in [1.82, 2.24) is 0 Å². The van der Waals surface area contributed by atoms with E-state index in [2.05, 4.69) is 0 Å². The van der Waals surface area contributed by atoms with Crippen LogP contribution in [-0.2, 0) is 45.4 Å². The first-order valence-electron chi connectivity index (χ1n) is 13.6. The summed E-state index contributed by atoms with van der Waals surface area (Å²) in [5.41, 5.74) is 3.89. The van der Waals surface area contributed by atoms with Gasteiger partial charge >= 0.3 is 0 Å². The molecule has 0 bridgehead atoms. The molecule has 0 aliphatic heterocycles. The van der Waals surface area contributed by atoms with Gasteiger partial charge in [-0.3, -0.25) is 0 Å². The molecule has 0 aliphatic rings. The number of rotatable bonds is 17. The molecular formula is C34H38O6. The van der Waals surface area contributed by atoms with Crippen LogP contribution < -0.4 is 0 Å². The van der Waals surface area contributed by atoms with E-state index < -0.39 is 24.4 Å². The summed E-state index contributed by atoms with van der Waals surface area (Å²) in [5.74, 6) is 0. The lowest BCUT2D eigenvalue weighted by molar-refractivity contribution is -0.193. The Bertz CT molecular complexity index is 1190. The van der Waals surface area contributed by atoms with E-state index >= 15 is 0 Å². The van der Waals surface area contributed by atoms with Gasteiger partial charge < -0.3 is 29.2 Å². The highest BCUT2D eigenvalue weighted by molar-refractivity contribution is 5.16. The fourth-order valence-electron chi connectivity index (χ4n) is 4.37. The van der Waals surface area contributed by atoms with Gasteiger partial charge in [0.05, 0.1) is 39.6 Å². The zero-order chi connectivity index (χ0) is 27.8. The molecule has 0 saturated carbocycles. The van der Waals surface area contributed by atoms with Crippen molar-refractivity contribution < 1.29 is 29.2 Å². The van der Waals surface area contributed by atoms with Gasteiger partial charge in [-0.25, -0.2) is 0 Å². The lowest BCUT2D eigenvalue weighted by Crippen LogP contribution is -2.51. The summed E-state index contributed by atoms with van der Waals surface area (Å²) < 4.78 is 24.8. The number of benzene rings is 4. The SMILES string of the molecule is OC[C@H](OCc1ccccc1)[C@@H](OCc1ccccc1)[C@H](OCc1ccccc1)C(O)COCc1ccccc1. The van der Waals surface area contributed by atoms with E-state index in [9.17, 15) is 10.2 Å². The molecule has 40 heavy (non-hydrogen) atoms. The van der Waals surface area contributed by atoms with Gasteiger partial charge in [0.25, 0.3) is 0 Å². The smallest absolute Gasteiger partial charge is 0.115 e. The molecule has 0 aliphatic carbocycles. The molecule has 4 aromatic carbocycles. The summed E-state index contributed by atoms with van der Waals surface area (Å²) in [7, 11) is 0. The van der Waals surface area contributed by atoms with Gasteiger partial charge in [-0.2, -0.15) is 0 Å². The summed E-state index contributed by atoms with van der Waals surface area (Å²) in [6, 6.07) is 39.1. The molecule has 0 amide bonds. The van der Waals surface area contributed by atoms with E-state index in [0.29, 0.717) is 6.61 Å². The van der Waals surface area contributed by atoms with Crippen LogP contribution in [-0.4, -0.2) is 47.8 Å². The molecular weight excluding hydrogens is 504 g/mol. The third kappa shape index (κ3) is 9.68. The third-order valence-electron chi connectivity index (χ3n) is 6.53. The zero-order valence-corrected chi connectivity index (χ0v) is 22.6. The Kier molecular flexibility index (Phi) is 12.3. The molecule has 4 aromatic rings. The van der Waals surface area contributed by atoms with E-state index in [-0.39, 0.29) is 33.0 Å². The second kappa shape index (κ2) is 16.7. The monoisotopic (exact) mass is 542 g/mol. The van der Waals surface area contributed by atoms with Crippen LogP contribution in [0.1, 0.15) is 22.3 Å². The molecule has 0 fully saturated rings. The fraction of sp³-hybridized carbons (Fsp3) is 0.294. The summed E-state index contributed by atoms with van der Waals surface area (Å²) in [5, 5.41) is 21.8. The topological polar surface area (TPSA) is 77.4 Å². The predicted octanol–water partition coefficient (Wildman–Crippen LogP) is 5.31. The van der Waals surface area contributed by atoms with Crippen molar-refractivity contribution in [2.45, 2.75) is 50.8 Å². The lowest BCUT2D eigenvalue weighted by atomic mass is 10.0. The molecule has 4 rings (SSSR count). The molecule has 0 heterocycles. The van der Waals surface area contributed by atoms with Crippen LogP contribution in [0.3, 0.4) is 0 Å². The predicted molar refractivity (Wildman–Crippen MR) is 154 cm³/mol. The maximum Gasteiger partial charge on any atom is 0.115 e. The second-order valence-corrected chi connectivity index (χ2v) is 9.61. The first-order valence-corrected chi connectivity index (χ1v) is 13.6. The van der Waals surface area contributed by atoms with Crippen LogP contribution in [0.4, 0.5) is 0 Å². The molecule has 2 N–H and O–H groups in total. The van der Waals surface area contributed by atoms with Gasteiger partial charge in [0.2, 0.25) is 0 Å². The molecule has 1 unspecified atom stereocenters. The molecule has 0 saturated heterocycles. The highest BCUT2D eigenvalue weighted by Gasteiger charge is 2.37. The van der Waals surface area contributed by atoms with Crippen LogP contribution in [0.5, 0.6) is 0 Å². The second-order valence-electron chi connectivity index (χ2n) is 9.61. The summed E-state index contributed by atoms with van der Waals surface area (Å²) in [4.78, 5) is 0. The highest BCUT2D eigenvalue weighted by Crippen LogP contribution is 2.21. The number of hydrogen-bond acceptors (Lipinski definition) is 6. The number of aliphatic hydroxyl groups excluding tert-OH is 2. The van der Waals surface area contributed by atoms with E-state index in [0.717, 1.165) is 22.3 Å². The average molecular weight is 543 g/mol. The Hall–Kier alpha value is -3.36. The van der Waals surface area contributed by atoms with Crippen molar-refractivity contribution in [1.29, 1.82) is 0 Å². The minimum atomic E-state index is -1.04. The molecule has 4 atom stereocenters. The Morgan fingerprint density at radius 2 is 0.850 bits per heavy atom. The van der Waals surface area contributed by atoms with E-state index in [1.165, 1.54) is 0 Å². The van der Waals surface area contributed by atoms with Crippen molar-refractivity contribution in [2.75, 3.05) is 13.2 Å². The Morgan fingerprint density at radius 3 is 1.27 bits per heavy atom.